The van der Waals surface area contributed by atoms with E-state index >= 15 is 0 Å². The highest BCUT2D eigenvalue weighted by Gasteiger charge is 2.56. The number of anilines is 1. The Balaban J connectivity index is 1.24. The van der Waals surface area contributed by atoms with Crippen molar-refractivity contribution in [1.29, 1.82) is 0 Å². The fourth-order valence-electron chi connectivity index (χ4n) is 7.63. The lowest BCUT2D eigenvalue weighted by atomic mass is 9.45. The first-order valence-corrected chi connectivity index (χ1v) is 15.7. The number of rotatable bonds is 5. The third-order valence-electron chi connectivity index (χ3n) is 10.2. The van der Waals surface area contributed by atoms with Gasteiger partial charge in [-0.3, -0.25) is 9.36 Å². The van der Waals surface area contributed by atoms with Crippen molar-refractivity contribution >= 4 is 34.2 Å². The fourth-order valence-corrected chi connectivity index (χ4v) is 7.79. The lowest BCUT2D eigenvalue weighted by molar-refractivity contribution is -0.108. The first kappa shape index (κ1) is 29.1. The predicted octanol–water partition coefficient (Wildman–Crippen LogP) is 5.95. The van der Waals surface area contributed by atoms with E-state index in [0.717, 1.165) is 43.0 Å². The Morgan fingerprint density at radius 2 is 1.90 bits per heavy atom. The lowest BCUT2D eigenvalue weighted by Crippen LogP contribution is -2.59. The van der Waals surface area contributed by atoms with Crippen molar-refractivity contribution in [2.24, 2.45) is 28.2 Å². The summed E-state index contributed by atoms with van der Waals surface area (Å²) in [7, 11) is 0. The first-order chi connectivity index (χ1) is 20.0. The molecule has 7 rings (SSSR count). The van der Waals surface area contributed by atoms with Gasteiger partial charge in [-0.25, -0.2) is 14.4 Å². The molecule has 4 fully saturated rings. The molecule has 0 spiro atoms. The molecule has 3 saturated carbocycles. The van der Waals surface area contributed by atoms with Crippen molar-refractivity contribution < 1.29 is 4.39 Å². The number of benzene rings is 2. The second kappa shape index (κ2) is 11.3. The zero-order chi connectivity index (χ0) is 29.8. The molecule has 42 heavy (non-hydrogen) atoms. The van der Waals surface area contributed by atoms with Crippen LogP contribution in [0.4, 0.5) is 10.1 Å². The van der Waals surface area contributed by atoms with Gasteiger partial charge in [0.1, 0.15) is 5.82 Å². The number of piperazine rings is 1. The maximum absolute atomic E-state index is 14.2. The molecule has 2 aromatic carbocycles. The number of nitrogens with one attached hydrogen (secondary N) is 2. The van der Waals surface area contributed by atoms with Gasteiger partial charge in [0.25, 0.3) is 5.56 Å². The van der Waals surface area contributed by atoms with Crippen molar-refractivity contribution in [2.45, 2.75) is 78.6 Å². The number of guanidine groups is 1. The second-order valence-electron chi connectivity index (χ2n) is 13.4. The van der Waals surface area contributed by atoms with E-state index in [0.29, 0.717) is 63.9 Å². The van der Waals surface area contributed by atoms with Gasteiger partial charge in [0.2, 0.25) is 0 Å². The summed E-state index contributed by atoms with van der Waals surface area (Å²) in [5.74, 6) is 2.53. The molecule has 7 nitrogen and oxygen atoms in total. The van der Waals surface area contributed by atoms with Gasteiger partial charge >= 0.3 is 0 Å². The Bertz CT molecular complexity index is 1560. The first-order valence-electron chi connectivity index (χ1n) is 15.3. The maximum atomic E-state index is 14.2. The van der Waals surface area contributed by atoms with Crippen molar-refractivity contribution in [3.8, 4) is 0 Å². The molecule has 0 amide bonds. The minimum atomic E-state index is -0.367. The summed E-state index contributed by atoms with van der Waals surface area (Å²) in [5.41, 5.74) is 2.27. The summed E-state index contributed by atoms with van der Waals surface area (Å²) < 4.78 is 15.8. The lowest BCUT2D eigenvalue weighted by Gasteiger charge is -2.61. The number of fused-ring (bicyclic) bond motifs is 3. The zero-order valence-electron chi connectivity index (χ0n) is 25.2. The molecule has 4 aliphatic rings. The molecule has 2 N–H and O–H groups in total. The molecular formula is C33H42ClFN6O. The monoisotopic (exact) mass is 592 g/mol. The maximum Gasteiger partial charge on any atom is 0.261 e. The van der Waals surface area contributed by atoms with Gasteiger partial charge in [0, 0.05) is 42.4 Å². The van der Waals surface area contributed by atoms with Crippen LogP contribution < -0.4 is 16.2 Å². The Kier molecular flexibility index (Phi) is 7.81. The third kappa shape index (κ3) is 5.55. The smallest absolute Gasteiger partial charge is 0.261 e. The number of nitrogens with zero attached hydrogens (tertiary/aromatic N) is 4. The van der Waals surface area contributed by atoms with Crippen LogP contribution in [0, 0.1) is 29.0 Å². The van der Waals surface area contributed by atoms with Gasteiger partial charge in [0.05, 0.1) is 23.3 Å². The van der Waals surface area contributed by atoms with Crippen LogP contribution in [-0.2, 0) is 13.0 Å². The van der Waals surface area contributed by atoms with Crippen LogP contribution in [0.2, 0.25) is 5.02 Å². The predicted molar refractivity (Wildman–Crippen MR) is 169 cm³/mol. The van der Waals surface area contributed by atoms with Gasteiger partial charge in [-0.15, -0.1) is 0 Å². The van der Waals surface area contributed by atoms with Crippen LogP contribution in [0.1, 0.15) is 53.0 Å². The Morgan fingerprint density at radius 3 is 2.60 bits per heavy atom. The van der Waals surface area contributed by atoms with Crippen molar-refractivity contribution in [1.82, 2.24) is 19.8 Å². The summed E-state index contributed by atoms with van der Waals surface area (Å²) in [4.78, 5) is 25.7. The third-order valence-corrected chi connectivity index (χ3v) is 10.4. The molecule has 224 valence electrons. The Hall–Kier alpha value is -2.97. The molecule has 1 aromatic heterocycles. The minimum Gasteiger partial charge on any atom is -0.340 e. The highest BCUT2D eigenvalue weighted by Crippen LogP contribution is 2.61. The highest BCUT2D eigenvalue weighted by molar-refractivity contribution is 6.30. The van der Waals surface area contributed by atoms with E-state index in [2.05, 4.69) is 55.1 Å². The van der Waals surface area contributed by atoms with E-state index in [1.165, 1.54) is 17.1 Å². The second-order valence-corrected chi connectivity index (χ2v) is 13.9. The number of hydrogen-bond donors (Lipinski definition) is 2. The molecule has 0 radical (unpaired) electrons. The molecule has 1 saturated heterocycles. The summed E-state index contributed by atoms with van der Waals surface area (Å²) in [6, 6.07) is 11.3. The summed E-state index contributed by atoms with van der Waals surface area (Å²) in [6.45, 7) is 13.7. The fraction of sp³-hybridized carbons (Fsp3) is 0.545. The molecule has 3 aliphatic carbocycles. The van der Waals surface area contributed by atoms with E-state index < -0.39 is 0 Å². The molecule has 9 heteroatoms. The van der Waals surface area contributed by atoms with E-state index in [9.17, 15) is 9.18 Å². The van der Waals surface area contributed by atoms with Crippen LogP contribution in [0.25, 0.3) is 10.9 Å². The molecule has 2 bridgehead atoms. The normalized spacial score (nSPS) is 28.9. The zero-order valence-corrected chi connectivity index (χ0v) is 26.0. The summed E-state index contributed by atoms with van der Waals surface area (Å²) >= 11 is 5.88. The molecule has 2 heterocycles. The van der Waals surface area contributed by atoms with Crippen LogP contribution in [0.15, 0.2) is 52.5 Å². The van der Waals surface area contributed by atoms with Gasteiger partial charge in [-0.05, 0) is 92.2 Å². The number of aromatic nitrogens is 2. The number of aliphatic imine (C=N–C) groups is 1. The standard InChI is InChI=1S/C33H42ClFN6O/c1-19-16-41(17-20(2)37-19)32(39-29-13-23-12-27(21(29)3)33(23,4)5)38-25-8-9-26-30(15-25)36-18-40(31(26)42)11-10-22-6-7-24(34)14-28(22)35/h6-9,14-15,18-21,23,27,29,37H,10-13,16-17H2,1-5H3,(H,38,39)/t19-,20+,21-,23-,27+,29?/m0/s1. The molecule has 3 aromatic rings. The number of hydrogen-bond acceptors (Lipinski definition) is 4. The molecule has 1 unspecified atom stereocenters. The van der Waals surface area contributed by atoms with E-state index in [1.807, 2.05) is 18.2 Å². The van der Waals surface area contributed by atoms with E-state index in [4.69, 9.17) is 16.6 Å². The van der Waals surface area contributed by atoms with Crippen LogP contribution in [-0.4, -0.2) is 51.6 Å². The van der Waals surface area contributed by atoms with Crippen LogP contribution in [0.5, 0.6) is 0 Å². The molecule has 1 aliphatic heterocycles. The average Bonchev–Trinajstić information content (AvgIpc) is 2.93. The van der Waals surface area contributed by atoms with Gasteiger partial charge in [-0.1, -0.05) is 38.4 Å². The van der Waals surface area contributed by atoms with Crippen molar-refractivity contribution in [2.75, 3.05) is 18.4 Å². The molecule has 6 atom stereocenters. The number of aryl methyl sites for hydroxylation is 2. The highest BCUT2D eigenvalue weighted by atomic mass is 35.5. The van der Waals surface area contributed by atoms with E-state index in [-0.39, 0.29) is 11.4 Å². The Labute approximate surface area is 252 Å². The SMILES string of the molecule is C[C@@H]1CN(C(=NC2C[C@@H]3C[C@H]([C@@H]2C)C3(C)C)Nc2ccc3c(=O)n(CCc4ccc(Cl)cc4F)cnc3c2)C[C@H](C)N1. The van der Waals surface area contributed by atoms with Gasteiger partial charge < -0.3 is 15.5 Å². The van der Waals surface area contributed by atoms with Crippen LogP contribution in [0.3, 0.4) is 0 Å². The minimum absolute atomic E-state index is 0.141. The summed E-state index contributed by atoms with van der Waals surface area (Å²) in [6.07, 6.45) is 4.38. The van der Waals surface area contributed by atoms with Crippen molar-refractivity contribution in [3.63, 3.8) is 0 Å². The van der Waals surface area contributed by atoms with Crippen LogP contribution >= 0.6 is 11.6 Å². The molecular weight excluding hydrogens is 551 g/mol. The summed E-state index contributed by atoms with van der Waals surface area (Å²) in [5, 5.41) is 8.16. The van der Waals surface area contributed by atoms with Gasteiger partial charge in [-0.2, -0.15) is 0 Å². The Morgan fingerprint density at radius 1 is 1.14 bits per heavy atom. The largest absolute Gasteiger partial charge is 0.340 e. The van der Waals surface area contributed by atoms with Crippen molar-refractivity contribution in [3.05, 3.63) is 69.5 Å². The number of halogens is 2. The quantitative estimate of drug-likeness (QED) is 0.283. The van der Waals surface area contributed by atoms with Gasteiger partial charge in [0.15, 0.2) is 5.96 Å². The topological polar surface area (TPSA) is 74.5 Å². The average molecular weight is 593 g/mol. The van der Waals surface area contributed by atoms with E-state index in [1.54, 1.807) is 18.5 Å².